The predicted octanol–water partition coefficient (Wildman–Crippen LogP) is 3.35. The molecule has 7 heteroatoms. The summed E-state index contributed by atoms with van der Waals surface area (Å²) >= 11 is 0. The molecule has 0 aliphatic rings. The molecule has 1 N–H and O–H groups in total. The molecule has 1 unspecified atom stereocenters. The Morgan fingerprint density at radius 1 is 1.16 bits per heavy atom. The van der Waals surface area contributed by atoms with Crippen LogP contribution in [0.2, 0.25) is 0 Å². The van der Waals surface area contributed by atoms with Gasteiger partial charge >= 0.3 is 5.97 Å². The number of esters is 1. The summed E-state index contributed by atoms with van der Waals surface area (Å²) in [5.41, 5.74) is 1.73. The summed E-state index contributed by atoms with van der Waals surface area (Å²) in [5, 5.41) is 22.3. The second kappa shape index (κ2) is 9.17. The average molecular weight is 342 g/mol. The number of benzene rings is 2. The SMILES string of the molecule is O=C(OCc1ccccc1)C(/C=N\O)CCc1ccc([N+](=O)[O-])cc1. The minimum Gasteiger partial charge on any atom is -0.460 e. The Labute approximate surface area is 144 Å². The number of rotatable bonds is 8. The van der Waals surface area contributed by atoms with Crippen molar-refractivity contribution >= 4 is 17.9 Å². The van der Waals surface area contributed by atoms with Crippen molar-refractivity contribution in [2.24, 2.45) is 11.1 Å². The van der Waals surface area contributed by atoms with Gasteiger partial charge in [0.2, 0.25) is 0 Å². The maximum atomic E-state index is 12.2. The topological polar surface area (TPSA) is 102 Å². The first-order chi connectivity index (χ1) is 12.1. The number of carbonyl (C=O) groups is 1. The zero-order chi connectivity index (χ0) is 18.1. The third kappa shape index (κ3) is 5.72. The molecule has 0 heterocycles. The van der Waals surface area contributed by atoms with Crippen molar-refractivity contribution in [2.75, 3.05) is 0 Å². The summed E-state index contributed by atoms with van der Waals surface area (Å²) in [6, 6.07) is 15.4. The molecule has 0 amide bonds. The molecule has 0 aliphatic heterocycles. The van der Waals surface area contributed by atoms with Crippen LogP contribution in [0, 0.1) is 16.0 Å². The van der Waals surface area contributed by atoms with Gasteiger partial charge in [-0.05, 0) is 24.0 Å². The van der Waals surface area contributed by atoms with Crippen molar-refractivity contribution in [3.63, 3.8) is 0 Å². The van der Waals surface area contributed by atoms with Crippen LogP contribution < -0.4 is 0 Å². The molecule has 0 saturated heterocycles. The number of hydrogen-bond acceptors (Lipinski definition) is 6. The Kier molecular flexibility index (Phi) is 6.65. The first kappa shape index (κ1) is 18.1. The Morgan fingerprint density at radius 2 is 1.84 bits per heavy atom. The molecule has 1 atom stereocenters. The maximum Gasteiger partial charge on any atom is 0.314 e. The quantitative estimate of drug-likeness (QED) is 0.260. The van der Waals surface area contributed by atoms with Crippen LogP contribution in [0.25, 0.3) is 0 Å². The van der Waals surface area contributed by atoms with Crippen LogP contribution in [0.4, 0.5) is 5.69 Å². The van der Waals surface area contributed by atoms with Gasteiger partial charge in [-0.2, -0.15) is 0 Å². The fraction of sp³-hybridized carbons (Fsp3) is 0.222. The van der Waals surface area contributed by atoms with E-state index in [1.807, 2.05) is 30.3 Å². The molecule has 2 rings (SSSR count). The van der Waals surface area contributed by atoms with E-state index >= 15 is 0 Å². The normalized spacial score (nSPS) is 12.0. The molecule has 0 bridgehead atoms. The predicted molar refractivity (Wildman–Crippen MR) is 91.4 cm³/mol. The van der Waals surface area contributed by atoms with E-state index in [4.69, 9.17) is 9.94 Å². The Bertz CT molecular complexity index is 729. The number of non-ortho nitro benzene ring substituents is 1. The van der Waals surface area contributed by atoms with Crippen molar-refractivity contribution in [3.05, 3.63) is 75.8 Å². The molecule has 2 aromatic rings. The van der Waals surface area contributed by atoms with Gasteiger partial charge in [0.25, 0.3) is 5.69 Å². The summed E-state index contributed by atoms with van der Waals surface area (Å²) in [7, 11) is 0. The van der Waals surface area contributed by atoms with Crippen LogP contribution in [0.15, 0.2) is 59.8 Å². The molecule has 130 valence electrons. The highest BCUT2D eigenvalue weighted by atomic mass is 16.6. The number of oxime groups is 1. The third-order valence-corrected chi connectivity index (χ3v) is 3.66. The number of carbonyl (C=O) groups excluding carboxylic acids is 1. The molecular formula is C18H18N2O5. The van der Waals surface area contributed by atoms with Gasteiger partial charge < -0.3 is 9.94 Å². The minimum absolute atomic E-state index is 0.0134. The maximum absolute atomic E-state index is 12.2. The Balaban J connectivity index is 1.90. The van der Waals surface area contributed by atoms with Crippen LogP contribution in [0.3, 0.4) is 0 Å². The van der Waals surface area contributed by atoms with E-state index in [2.05, 4.69) is 5.16 Å². The zero-order valence-electron chi connectivity index (χ0n) is 13.4. The van der Waals surface area contributed by atoms with E-state index < -0.39 is 16.8 Å². The van der Waals surface area contributed by atoms with Gasteiger partial charge in [-0.1, -0.05) is 42.5 Å². The second-order valence-corrected chi connectivity index (χ2v) is 5.43. The van der Waals surface area contributed by atoms with Gasteiger partial charge in [0.05, 0.1) is 17.1 Å². The monoisotopic (exact) mass is 342 g/mol. The molecule has 0 fully saturated rings. The number of ether oxygens (including phenoxy) is 1. The number of aryl methyl sites for hydroxylation is 1. The Morgan fingerprint density at radius 3 is 2.44 bits per heavy atom. The van der Waals surface area contributed by atoms with E-state index in [0.29, 0.717) is 12.8 Å². The molecule has 0 spiro atoms. The number of nitro benzene ring substituents is 1. The van der Waals surface area contributed by atoms with Gasteiger partial charge in [0, 0.05) is 12.1 Å². The highest BCUT2D eigenvalue weighted by Crippen LogP contribution is 2.16. The van der Waals surface area contributed by atoms with Gasteiger partial charge in [-0.3, -0.25) is 14.9 Å². The molecule has 25 heavy (non-hydrogen) atoms. The minimum atomic E-state index is -0.691. The molecule has 7 nitrogen and oxygen atoms in total. The lowest BCUT2D eigenvalue weighted by Gasteiger charge is -2.11. The summed E-state index contributed by atoms with van der Waals surface area (Å²) in [6.07, 6.45) is 2.00. The number of hydrogen-bond donors (Lipinski definition) is 1. The van der Waals surface area contributed by atoms with E-state index in [0.717, 1.165) is 17.3 Å². The zero-order valence-corrected chi connectivity index (χ0v) is 13.4. The summed E-state index contributed by atoms with van der Waals surface area (Å²) in [6.45, 7) is 0.146. The lowest BCUT2D eigenvalue weighted by atomic mass is 10.0. The lowest BCUT2D eigenvalue weighted by Crippen LogP contribution is -2.20. The van der Waals surface area contributed by atoms with Crippen molar-refractivity contribution in [1.82, 2.24) is 0 Å². The van der Waals surface area contributed by atoms with Gasteiger partial charge in [-0.25, -0.2) is 0 Å². The van der Waals surface area contributed by atoms with Gasteiger partial charge in [0.1, 0.15) is 6.61 Å². The first-order valence-corrected chi connectivity index (χ1v) is 7.71. The van der Waals surface area contributed by atoms with E-state index in [1.165, 1.54) is 12.1 Å². The average Bonchev–Trinajstić information content (AvgIpc) is 2.64. The highest BCUT2D eigenvalue weighted by Gasteiger charge is 2.18. The van der Waals surface area contributed by atoms with Crippen LogP contribution in [0.5, 0.6) is 0 Å². The lowest BCUT2D eigenvalue weighted by molar-refractivity contribution is -0.384. The smallest absolute Gasteiger partial charge is 0.314 e. The van der Waals surface area contributed by atoms with Crippen LogP contribution >= 0.6 is 0 Å². The third-order valence-electron chi connectivity index (χ3n) is 3.66. The van der Waals surface area contributed by atoms with Crippen molar-refractivity contribution in [1.29, 1.82) is 0 Å². The van der Waals surface area contributed by atoms with Crippen LogP contribution in [0.1, 0.15) is 17.5 Å². The Hall–Kier alpha value is -3.22. The van der Waals surface area contributed by atoms with E-state index in [-0.39, 0.29) is 12.3 Å². The molecule has 0 radical (unpaired) electrons. The fourth-order valence-corrected chi connectivity index (χ4v) is 2.28. The summed E-state index contributed by atoms with van der Waals surface area (Å²) < 4.78 is 5.25. The van der Waals surface area contributed by atoms with E-state index in [1.54, 1.807) is 12.1 Å². The van der Waals surface area contributed by atoms with Gasteiger partial charge in [-0.15, -0.1) is 5.16 Å². The standard InChI is InChI=1S/C18H18N2O5/c21-18(25-13-15-4-2-1-3-5-15)16(12-19-22)9-6-14-7-10-17(11-8-14)20(23)24/h1-5,7-8,10-12,16,22H,6,9,13H2/b19-12-. The molecule has 0 saturated carbocycles. The highest BCUT2D eigenvalue weighted by molar-refractivity contribution is 5.89. The van der Waals surface area contributed by atoms with E-state index in [9.17, 15) is 14.9 Å². The summed E-state index contributed by atoms with van der Waals surface area (Å²) in [4.78, 5) is 22.3. The van der Waals surface area contributed by atoms with Crippen LogP contribution in [-0.2, 0) is 22.6 Å². The fourth-order valence-electron chi connectivity index (χ4n) is 2.28. The second-order valence-electron chi connectivity index (χ2n) is 5.43. The molecular weight excluding hydrogens is 324 g/mol. The molecule has 0 aromatic heterocycles. The van der Waals surface area contributed by atoms with Crippen molar-refractivity contribution in [3.8, 4) is 0 Å². The van der Waals surface area contributed by atoms with Crippen molar-refractivity contribution < 1.29 is 19.7 Å². The van der Waals surface area contributed by atoms with Crippen LogP contribution in [-0.4, -0.2) is 22.3 Å². The van der Waals surface area contributed by atoms with Gasteiger partial charge in [0.15, 0.2) is 0 Å². The van der Waals surface area contributed by atoms with Crippen molar-refractivity contribution in [2.45, 2.75) is 19.4 Å². The molecule has 0 aliphatic carbocycles. The largest absolute Gasteiger partial charge is 0.460 e. The summed E-state index contributed by atoms with van der Waals surface area (Å²) in [5.74, 6) is -1.17. The first-order valence-electron chi connectivity index (χ1n) is 7.71. The number of nitrogens with zero attached hydrogens (tertiary/aromatic N) is 2. The number of nitro groups is 1. The molecule has 2 aromatic carbocycles.